The molecule has 6 nitrogen and oxygen atoms in total. The molecule has 0 unspecified atom stereocenters. The average molecular weight is 369 g/mol. The summed E-state index contributed by atoms with van der Waals surface area (Å²) in [4.78, 5) is 16.8. The highest BCUT2D eigenvalue weighted by atomic mass is 16.5. The van der Waals surface area contributed by atoms with Crippen LogP contribution in [0.4, 0.5) is 5.69 Å². The monoisotopic (exact) mass is 369 g/mol. The summed E-state index contributed by atoms with van der Waals surface area (Å²) in [5.41, 5.74) is 2.26. The Morgan fingerprint density at radius 3 is 2.00 bits per heavy atom. The fraction of sp³-hybridized carbons (Fsp3) is 0.381. The fourth-order valence-electron chi connectivity index (χ4n) is 3.16. The topological polar surface area (TPSA) is 54.0 Å². The van der Waals surface area contributed by atoms with Crippen LogP contribution in [0, 0.1) is 0 Å². The van der Waals surface area contributed by atoms with Gasteiger partial charge in [0.05, 0.1) is 20.8 Å². The third kappa shape index (κ3) is 5.37. The van der Waals surface area contributed by atoms with Crippen LogP contribution in [0.3, 0.4) is 0 Å². The van der Waals surface area contributed by atoms with Crippen molar-refractivity contribution in [1.29, 1.82) is 0 Å². The minimum Gasteiger partial charge on any atom is -0.497 e. The molecule has 144 valence electrons. The predicted molar refractivity (Wildman–Crippen MR) is 106 cm³/mol. The van der Waals surface area contributed by atoms with E-state index in [2.05, 4.69) is 27.2 Å². The van der Waals surface area contributed by atoms with Crippen molar-refractivity contribution in [3.8, 4) is 11.5 Å². The van der Waals surface area contributed by atoms with Crippen LogP contribution in [0.25, 0.3) is 0 Å². The van der Waals surface area contributed by atoms with E-state index in [0.29, 0.717) is 13.1 Å². The summed E-state index contributed by atoms with van der Waals surface area (Å²) in [5.74, 6) is 1.74. The molecule has 0 atom stereocenters. The van der Waals surface area contributed by atoms with Gasteiger partial charge >= 0.3 is 0 Å². The van der Waals surface area contributed by atoms with Crippen LogP contribution >= 0.6 is 0 Å². The Kier molecular flexibility index (Phi) is 6.54. The number of rotatable bonds is 7. The zero-order valence-electron chi connectivity index (χ0n) is 16.0. The molecule has 0 bridgehead atoms. The van der Waals surface area contributed by atoms with Crippen molar-refractivity contribution in [3.63, 3.8) is 0 Å². The maximum atomic E-state index is 12.2. The Hall–Kier alpha value is -2.73. The van der Waals surface area contributed by atoms with Crippen molar-refractivity contribution >= 4 is 11.6 Å². The van der Waals surface area contributed by atoms with Gasteiger partial charge in [-0.2, -0.15) is 0 Å². The lowest BCUT2D eigenvalue weighted by Crippen LogP contribution is -2.49. The molecular formula is C21H27N3O3. The molecule has 1 aliphatic rings. The summed E-state index contributed by atoms with van der Waals surface area (Å²) in [5, 5.41) is 2.99. The quantitative estimate of drug-likeness (QED) is 0.810. The number of nitrogens with one attached hydrogen (secondary N) is 1. The van der Waals surface area contributed by atoms with Gasteiger partial charge in [0.2, 0.25) is 5.91 Å². The maximum Gasteiger partial charge on any atom is 0.234 e. The lowest BCUT2D eigenvalue weighted by Gasteiger charge is -2.35. The van der Waals surface area contributed by atoms with E-state index >= 15 is 0 Å². The van der Waals surface area contributed by atoms with Crippen molar-refractivity contribution in [3.05, 3.63) is 54.1 Å². The second kappa shape index (κ2) is 9.28. The minimum absolute atomic E-state index is 0.0590. The number of anilines is 1. The highest BCUT2D eigenvalue weighted by Gasteiger charge is 2.19. The molecule has 0 saturated carbocycles. The lowest BCUT2D eigenvalue weighted by atomic mass is 10.2. The first-order valence-corrected chi connectivity index (χ1v) is 9.19. The molecule has 0 aromatic heterocycles. The van der Waals surface area contributed by atoms with E-state index in [1.807, 2.05) is 36.4 Å². The summed E-state index contributed by atoms with van der Waals surface area (Å²) in [6, 6.07) is 15.9. The molecule has 1 fully saturated rings. The highest BCUT2D eigenvalue weighted by Crippen LogP contribution is 2.20. The largest absolute Gasteiger partial charge is 0.497 e. The van der Waals surface area contributed by atoms with Gasteiger partial charge in [0.25, 0.3) is 0 Å². The Balaban J connectivity index is 1.40. The molecule has 1 N–H and O–H groups in total. The second-order valence-corrected chi connectivity index (χ2v) is 6.59. The van der Waals surface area contributed by atoms with Crippen LogP contribution in [0.2, 0.25) is 0 Å². The second-order valence-electron chi connectivity index (χ2n) is 6.59. The number of hydrogen-bond donors (Lipinski definition) is 1. The van der Waals surface area contributed by atoms with Crippen LogP contribution in [0.15, 0.2) is 48.5 Å². The fourth-order valence-corrected chi connectivity index (χ4v) is 3.16. The Morgan fingerprint density at radius 1 is 0.889 bits per heavy atom. The maximum absolute atomic E-state index is 12.2. The van der Waals surface area contributed by atoms with Crippen LogP contribution in [-0.2, 0) is 11.3 Å². The number of nitrogens with zero attached hydrogens (tertiary/aromatic N) is 2. The van der Waals surface area contributed by atoms with Gasteiger partial charge in [0, 0.05) is 38.4 Å². The Morgan fingerprint density at radius 2 is 1.44 bits per heavy atom. The molecule has 3 rings (SSSR count). The van der Waals surface area contributed by atoms with Gasteiger partial charge in [-0.3, -0.25) is 9.69 Å². The summed E-state index contributed by atoms with van der Waals surface area (Å²) in [7, 11) is 3.32. The summed E-state index contributed by atoms with van der Waals surface area (Å²) < 4.78 is 10.3. The van der Waals surface area contributed by atoms with Gasteiger partial charge < -0.3 is 19.7 Å². The molecular weight excluding hydrogens is 342 g/mol. The number of carbonyl (C=O) groups is 1. The standard InChI is InChI=1S/C21H27N3O3/c1-26-19-7-3-17(4-8-19)15-22-21(25)16-23-11-13-24(14-12-23)18-5-9-20(27-2)10-6-18/h3-10H,11-16H2,1-2H3,(H,22,25). The number of benzene rings is 2. The summed E-state index contributed by atoms with van der Waals surface area (Å²) >= 11 is 0. The van der Waals surface area contributed by atoms with E-state index in [1.165, 1.54) is 5.69 Å². The SMILES string of the molecule is COc1ccc(CNC(=O)CN2CCN(c3ccc(OC)cc3)CC2)cc1. The molecule has 6 heteroatoms. The first kappa shape index (κ1) is 19.0. The van der Waals surface area contributed by atoms with Crippen LogP contribution in [-0.4, -0.2) is 57.8 Å². The van der Waals surface area contributed by atoms with Crippen LogP contribution in [0.1, 0.15) is 5.56 Å². The van der Waals surface area contributed by atoms with Crippen LogP contribution < -0.4 is 19.7 Å². The molecule has 1 amide bonds. The molecule has 0 aliphatic carbocycles. The van der Waals surface area contributed by atoms with Gasteiger partial charge in [0.1, 0.15) is 11.5 Å². The molecule has 27 heavy (non-hydrogen) atoms. The van der Waals surface area contributed by atoms with E-state index in [0.717, 1.165) is 43.2 Å². The molecule has 0 spiro atoms. The molecule has 1 aliphatic heterocycles. The van der Waals surface area contributed by atoms with E-state index in [4.69, 9.17) is 9.47 Å². The molecule has 1 saturated heterocycles. The number of piperazine rings is 1. The van der Waals surface area contributed by atoms with E-state index < -0.39 is 0 Å². The predicted octanol–water partition coefficient (Wildman–Crippen LogP) is 2.14. The first-order chi connectivity index (χ1) is 13.2. The Bertz CT molecular complexity index is 723. The van der Waals surface area contributed by atoms with E-state index in [-0.39, 0.29) is 5.91 Å². The smallest absolute Gasteiger partial charge is 0.234 e. The van der Waals surface area contributed by atoms with Crippen molar-refractivity contribution in [2.75, 3.05) is 51.8 Å². The van der Waals surface area contributed by atoms with Crippen molar-refractivity contribution < 1.29 is 14.3 Å². The summed E-state index contributed by atoms with van der Waals surface area (Å²) in [6.45, 7) is 4.56. The summed E-state index contributed by atoms with van der Waals surface area (Å²) in [6.07, 6.45) is 0. The molecule has 2 aromatic carbocycles. The molecule has 1 heterocycles. The van der Waals surface area contributed by atoms with Gasteiger partial charge in [-0.25, -0.2) is 0 Å². The number of carbonyl (C=O) groups excluding carboxylic acids is 1. The van der Waals surface area contributed by atoms with Gasteiger partial charge in [-0.1, -0.05) is 12.1 Å². The number of ether oxygens (including phenoxy) is 2. The van der Waals surface area contributed by atoms with E-state index in [9.17, 15) is 4.79 Å². The number of methoxy groups -OCH3 is 2. The molecule has 2 aromatic rings. The average Bonchev–Trinajstić information content (AvgIpc) is 2.73. The third-order valence-corrected chi connectivity index (χ3v) is 4.83. The van der Waals surface area contributed by atoms with Crippen LogP contribution in [0.5, 0.6) is 11.5 Å². The van der Waals surface area contributed by atoms with Gasteiger partial charge in [-0.05, 0) is 42.0 Å². The Labute approximate surface area is 160 Å². The number of hydrogen-bond acceptors (Lipinski definition) is 5. The normalized spacial score (nSPS) is 14.7. The van der Waals surface area contributed by atoms with Crippen molar-refractivity contribution in [2.45, 2.75) is 6.54 Å². The highest BCUT2D eigenvalue weighted by molar-refractivity contribution is 5.78. The van der Waals surface area contributed by atoms with Crippen molar-refractivity contribution in [2.24, 2.45) is 0 Å². The molecule has 0 radical (unpaired) electrons. The number of amides is 1. The van der Waals surface area contributed by atoms with Gasteiger partial charge in [-0.15, -0.1) is 0 Å². The zero-order valence-corrected chi connectivity index (χ0v) is 16.0. The zero-order chi connectivity index (χ0) is 19.1. The van der Waals surface area contributed by atoms with Gasteiger partial charge in [0.15, 0.2) is 0 Å². The van der Waals surface area contributed by atoms with E-state index in [1.54, 1.807) is 14.2 Å². The van der Waals surface area contributed by atoms with Crippen molar-refractivity contribution in [1.82, 2.24) is 10.2 Å². The third-order valence-electron chi connectivity index (χ3n) is 4.83. The minimum atomic E-state index is 0.0590. The first-order valence-electron chi connectivity index (χ1n) is 9.19. The lowest BCUT2D eigenvalue weighted by molar-refractivity contribution is -0.122.